The van der Waals surface area contributed by atoms with Crippen LogP contribution in [0.15, 0.2) is 0 Å². The van der Waals surface area contributed by atoms with Gasteiger partial charge in [-0.2, -0.15) is 0 Å². The first-order chi connectivity index (χ1) is 9.16. The highest BCUT2D eigenvalue weighted by Gasteiger charge is 2.41. The topological polar surface area (TPSA) is 49.4 Å². The van der Waals surface area contributed by atoms with E-state index in [2.05, 4.69) is 5.32 Å². The van der Waals surface area contributed by atoms with Gasteiger partial charge in [0.05, 0.1) is 5.25 Å². The quantitative estimate of drug-likeness (QED) is 0.858. The van der Waals surface area contributed by atoms with E-state index in [4.69, 9.17) is 0 Å². The van der Waals surface area contributed by atoms with Crippen LogP contribution in [-0.4, -0.2) is 43.1 Å². The summed E-state index contributed by atoms with van der Waals surface area (Å²) in [4.78, 5) is 0. The number of nitrogens with zero attached hydrogens (tertiary/aromatic N) is 1. The molecule has 0 amide bonds. The molecule has 1 saturated heterocycles. The lowest BCUT2D eigenvalue weighted by Gasteiger charge is -2.35. The Balaban J connectivity index is 1.46. The molecule has 1 N–H and O–H groups in total. The lowest BCUT2D eigenvalue weighted by atomic mass is 9.94. The fourth-order valence-electron chi connectivity index (χ4n) is 3.46. The SMILES string of the molecule is O=S(=O)(C1CC1)N1CCC(NC2CCCCC2)CC1. The van der Waals surface area contributed by atoms with Crippen molar-refractivity contribution in [1.82, 2.24) is 9.62 Å². The van der Waals surface area contributed by atoms with Crippen molar-refractivity contribution in [1.29, 1.82) is 0 Å². The largest absolute Gasteiger partial charge is 0.311 e. The lowest BCUT2D eigenvalue weighted by molar-refractivity contribution is 0.252. The molecule has 0 bridgehead atoms. The average Bonchev–Trinajstić information content (AvgIpc) is 3.25. The third kappa shape index (κ3) is 3.31. The highest BCUT2D eigenvalue weighted by Crippen LogP contribution is 2.32. The standard InChI is InChI=1S/C14H26N2O2S/c17-19(18,14-6-7-14)16-10-8-13(9-11-16)15-12-4-2-1-3-5-12/h12-15H,1-11H2. The van der Waals surface area contributed by atoms with E-state index in [0.717, 1.165) is 38.8 Å². The number of nitrogens with one attached hydrogen (secondary N) is 1. The molecule has 2 saturated carbocycles. The van der Waals surface area contributed by atoms with Crippen LogP contribution in [0, 0.1) is 0 Å². The van der Waals surface area contributed by atoms with Crippen LogP contribution in [0.5, 0.6) is 0 Å². The van der Waals surface area contributed by atoms with Gasteiger partial charge >= 0.3 is 0 Å². The number of hydrogen-bond donors (Lipinski definition) is 1. The number of hydrogen-bond acceptors (Lipinski definition) is 3. The molecule has 3 rings (SSSR count). The Morgan fingerprint density at radius 1 is 0.789 bits per heavy atom. The van der Waals surface area contributed by atoms with Crippen LogP contribution in [0.2, 0.25) is 0 Å². The van der Waals surface area contributed by atoms with E-state index in [1.165, 1.54) is 32.1 Å². The van der Waals surface area contributed by atoms with Gasteiger partial charge in [-0.05, 0) is 38.5 Å². The first-order valence-electron chi connectivity index (χ1n) is 7.91. The van der Waals surface area contributed by atoms with Crippen molar-refractivity contribution in [3.63, 3.8) is 0 Å². The molecular weight excluding hydrogens is 260 g/mol. The van der Waals surface area contributed by atoms with Crippen LogP contribution >= 0.6 is 0 Å². The lowest BCUT2D eigenvalue weighted by Crippen LogP contribution is -2.48. The maximum absolute atomic E-state index is 12.2. The highest BCUT2D eigenvalue weighted by atomic mass is 32.2. The normalized spacial score (nSPS) is 28.6. The number of piperidine rings is 1. The van der Waals surface area contributed by atoms with Crippen LogP contribution in [0.4, 0.5) is 0 Å². The summed E-state index contributed by atoms with van der Waals surface area (Å²) in [5, 5.41) is 3.71. The monoisotopic (exact) mass is 286 g/mol. The molecule has 0 aromatic rings. The molecule has 4 nitrogen and oxygen atoms in total. The number of rotatable bonds is 4. The van der Waals surface area contributed by atoms with Crippen molar-refractivity contribution in [2.75, 3.05) is 13.1 Å². The molecule has 3 fully saturated rings. The van der Waals surface area contributed by atoms with Crippen LogP contribution in [-0.2, 0) is 10.0 Å². The molecule has 0 aromatic heterocycles. The molecule has 1 aliphatic heterocycles. The molecular formula is C14H26N2O2S. The first kappa shape index (κ1) is 13.8. The molecule has 0 spiro atoms. The second-order valence-electron chi connectivity index (χ2n) is 6.42. The Morgan fingerprint density at radius 3 is 1.95 bits per heavy atom. The van der Waals surface area contributed by atoms with Crippen LogP contribution < -0.4 is 5.32 Å². The van der Waals surface area contributed by atoms with Crippen molar-refractivity contribution >= 4 is 10.0 Å². The minimum atomic E-state index is -2.94. The molecule has 3 aliphatic rings. The minimum absolute atomic E-state index is 0.0460. The van der Waals surface area contributed by atoms with Gasteiger partial charge in [-0.25, -0.2) is 12.7 Å². The fraction of sp³-hybridized carbons (Fsp3) is 1.00. The molecule has 5 heteroatoms. The maximum atomic E-state index is 12.2. The summed E-state index contributed by atoms with van der Waals surface area (Å²) in [7, 11) is -2.94. The zero-order valence-corrected chi connectivity index (χ0v) is 12.5. The Bertz CT molecular complexity index is 392. The molecule has 0 unspecified atom stereocenters. The smallest absolute Gasteiger partial charge is 0.216 e. The van der Waals surface area contributed by atoms with Crippen molar-refractivity contribution in [3.05, 3.63) is 0 Å². The van der Waals surface area contributed by atoms with Crippen molar-refractivity contribution in [3.8, 4) is 0 Å². The second-order valence-corrected chi connectivity index (χ2v) is 8.63. The molecule has 110 valence electrons. The van der Waals surface area contributed by atoms with E-state index < -0.39 is 10.0 Å². The first-order valence-corrected chi connectivity index (χ1v) is 9.41. The summed E-state index contributed by atoms with van der Waals surface area (Å²) in [6, 6.07) is 1.22. The fourth-order valence-corrected chi connectivity index (χ4v) is 5.33. The molecule has 0 aromatic carbocycles. The third-order valence-corrected chi connectivity index (χ3v) is 7.23. The van der Waals surface area contributed by atoms with E-state index in [0.29, 0.717) is 12.1 Å². The highest BCUT2D eigenvalue weighted by molar-refractivity contribution is 7.90. The number of sulfonamides is 1. The van der Waals surface area contributed by atoms with Crippen molar-refractivity contribution in [2.45, 2.75) is 75.1 Å². The molecule has 1 heterocycles. The van der Waals surface area contributed by atoms with E-state index in [9.17, 15) is 8.42 Å². The van der Waals surface area contributed by atoms with Crippen LogP contribution in [0.25, 0.3) is 0 Å². The van der Waals surface area contributed by atoms with Crippen LogP contribution in [0.1, 0.15) is 57.8 Å². The van der Waals surface area contributed by atoms with E-state index in [1.54, 1.807) is 4.31 Å². The van der Waals surface area contributed by atoms with Gasteiger partial charge in [0.1, 0.15) is 0 Å². The van der Waals surface area contributed by atoms with Gasteiger partial charge in [0.2, 0.25) is 10.0 Å². The zero-order chi connectivity index (χ0) is 13.3. The van der Waals surface area contributed by atoms with Crippen LogP contribution in [0.3, 0.4) is 0 Å². The Labute approximate surface area is 117 Å². The summed E-state index contributed by atoms with van der Waals surface area (Å²) in [5.41, 5.74) is 0. The van der Waals surface area contributed by atoms with Gasteiger partial charge in [-0.1, -0.05) is 19.3 Å². The Hall–Kier alpha value is -0.130. The van der Waals surface area contributed by atoms with Gasteiger partial charge in [0.15, 0.2) is 0 Å². The summed E-state index contributed by atoms with van der Waals surface area (Å²) < 4.78 is 26.0. The van der Waals surface area contributed by atoms with Gasteiger partial charge in [-0.3, -0.25) is 0 Å². The Morgan fingerprint density at radius 2 is 1.37 bits per heavy atom. The van der Waals surface area contributed by atoms with E-state index in [1.807, 2.05) is 0 Å². The third-order valence-electron chi connectivity index (χ3n) is 4.84. The Kier molecular flexibility index (Phi) is 4.15. The summed E-state index contributed by atoms with van der Waals surface area (Å²) in [6.45, 7) is 1.45. The average molecular weight is 286 g/mol. The van der Waals surface area contributed by atoms with Crippen molar-refractivity contribution in [2.24, 2.45) is 0 Å². The summed E-state index contributed by atoms with van der Waals surface area (Å²) in [5.74, 6) is 0. The predicted octanol–water partition coefficient (Wildman–Crippen LogP) is 1.87. The van der Waals surface area contributed by atoms with Gasteiger partial charge in [-0.15, -0.1) is 0 Å². The van der Waals surface area contributed by atoms with Gasteiger partial charge in [0.25, 0.3) is 0 Å². The predicted molar refractivity (Wildman–Crippen MR) is 76.5 cm³/mol. The summed E-state index contributed by atoms with van der Waals surface area (Å²) >= 11 is 0. The molecule has 19 heavy (non-hydrogen) atoms. The van der Waals surface area contributed by atoms with E-state index >= 15 is 0 Å². The maximum Gasteiger partial charge on any atom is 0.216 e. The van der Waals surface area contributed by atoms with Gasteiger partial charge in [0, 0.05) is 25.2 Å². The summed E-state index contributed by atoms with van der Waals surface area (Å²) in [6.07, 6.45) is 10.4. The molecule has 0 atom stereocenters. The van der Waals surface area contributed by atoms with Crippen molar-refractivity contribution < 1.29 is 8.42 Å². The van der Waals surface area contributed by atoms with Gasteiger partial charge < -0.3 is 5.32 Å². The molecule has 0 radical (unpaired) electrons. The second kappa shape index (κ2) is 5.70. The minimum Gasteiger partial charge on any atom is -0.311 e. The molecule has 2 aliphatic carbocycles. The zero-order valence-electron chi connectivity index (χ0n) is 11.7. The van der Waals surface area contributed by atoms with E-state index in [-0.39, 0.29) is 5.25 Å².